The molecule has 0 aliphatic carbocycles. The number of nitrogens with one attached hydrogen (secondary N) is 1. The van der Waals surface area contributed by atoms with Crippen molar-refractivity contribution in [2.75, 3.05) is 26.3 Å². The van der Waals surface area contributed by atoms with Gasteiger partial charge in [-0.1, -0.05) is 6.07 Å². The van der Waals surface area contributed by atoms with Crippen LogP contribution in [0.4, 0.5) is 0 Å². The Morgan fingerprint density at radius 1 is 1.16 bits per heavy atom. The van der Waals surface area contributed by atoms with E-state index in [2.05, 4.69) is 4.98 Å². The van der Waals surface area contributed by atoms with Gasteiger partial charge in [0, 0.05) is 30.2 Å². The summed E-state index contributed by atoms with van der Waals surface area (Å²) in [7, 11) is 0. The van der Waals surface area contributed by atoms with Crippen molar-refractivity contribution in [3.63, 3.8) is 0 Å². The van der Waals surface area contributed by atoms with E-state index in [4.69, 9.17) is 4.74 Å². The average molecular weight is 258 g/mol. The minimum Gasteiger partial charge on any atom is -0.378 e. The Hall–Kier alpha value is -2.14. The highest BCUT2D eigenvalue weighted by Crippen LogP contribution is 2.14. The zero-order valence-corrected chi connectivity index (χ0v) is 10.4. The number of carbonyl (C=O) groups is 1. The first-order chi connectivity index (χ1) is 9.24. The Kier molecular flexibility index (Phi) is 3.05. The van der Waals surface area contributed by atoms with Crippen LogP contribution in [0.25, 0.3) is 10.9 Å². The molecule has 0 unspecified atom stereocenters. The second-order valence-corrected chi connectivity index (χ2v) is 4.53. The van der Waals surface area contributed by atoms with Crippen molar-refractivity contribution in [3.05, 3.63) is 46.2 Å². The molecule has 19 heavy (non-hydrogen) atoms. The molecule has 0 spiro atoms. The molecule has 5 heteroatoms. The molecule has 0 atom stereocenters. The second kappa shape index (κ2) is 4.85. The van der Waals surface area contributed by atoms with E-state index >= 15 is 0 Å². The fourth-order valence-corrected chi connectivity index (χ4v) is 2.23. The fourth-order valence-electron chi connectivity index (χ4n) is 2.23. The number of amides is 1. The highest BCUT2D eigenvalue weighted by atomic mass is 16.5. The highest BCUT2D eigenvalue weighted by Gasteiger charge is 2.18. The minimum atomic E-state index is -0.163. The number of aromatic nitrogens is 1. The lowest BCUT2D eigenvalue weighted by Crippen LogP contribution is -2.40. The van der Waals surface area contributed by atoms with E-state index in [9.17, 15) is 9.59 Å². The number of rotatable bonds is 1. The van der Waals surface area contributed by atoms with Gasteiger partial charge in [-0.2, -0.15) is 0 Å². The first-order valence-corrected chi connectivity index (χ1v) is 6.24. The van der Waals surface area contributed by atoms with Gasteiger partial charge >= 0.3 is 0 Å². The van der Waals surface area contributed by atoms with Gasteiger partial charge in [-0.05, 0) is 23.6 Å². The van der Waals surface area contributed by atoms with Crippen LogP contribution in [0.5, 0.6) is 0 Å². The summed E-state index contributed by atoms with van der Waals surface area (Å²) in [6, 6.07) is 8.59. The van der Waals surface area contributed by atoms with Crippen LogP contribution in [0.3, 0.4) is 0 Å². The third kappa shape index (κ3) is 2.37. The van der Waals surface area contributed by atoms with Gasteiger partial charge in [-0.15, -0.1) is 0 Å². The third-order valence-electron chi connectivity index (χ3n) is 3.27. The molecule has 0 saturated carbocycles. The first-order valence-electron chi connectivity index (χ1n) is 6.24. The van der Waals surface area contributed by atoms with E-state index < -0.39 is 0 Å². The van der Waals surface area contributed by atoms with E-state index in [1.54, 1.807) is 23.1 Å². The van der Waals surface area contributed by atoms with Crippen molar-refractivity contribution in [2.45, 2.75) is 0 Å². The molecular formula is C14H14N2O3. The maximum absolute atomic E-state index is 12.3. The number of hydrogen-bond acceptors (Lipinski definition) is 3. The van der Waals surface area contributed by atoms with Gasteiger partial charge < -0.3 is 14.6 Å². The van der Waals surface area contributed by atoms with E-state index in [0.29, 0.717) is 37.4 Å². The van der Waals surface area contributed by atoms with Gasteiger partial charge in [0.2, 0.25) is 5.56 Å². The number of hydrogen-bond donors (Lipinski definition) is 1. The number of ether oxygens (including phenoxy) is 1. The van der Waals surface area contributed by atoms with Gasteiger partial charge in [0.05, 0.1) is 13.2 Å². The Balaban J connectivity index is 1.95. The summed E-state index contributed by atoms with van der Waals surface area (Å²) >= 11 is 0. The molecule has 5 nitrogen and oxygen atoms in total. The molecule has 2 heterocycles. The van der Waals surface area contributed by atoms with Crippen LogP contribution in [0.15, 0.2) is 35.1 Å². The number of nitrogens with zero attached hydrogens (tertiary/aromatic N) is 1. The average Bonchev–Trinajstić information content (AvgIpc) is 2.46. The SMILES string of the molecule is O=C(c1ccc2ccc(=O)[nH]c2c1)N1CCOCC1. The molecule has 1 aliphatic rings. The quantitative estimate of drug-likeness (QED) is 0.830. The van der Waals surface area contributed by atoms with Crippen LogP contribution in [0.2, 0.25) is 0 Å². The van der Waals surface area contributed by atoms with Crippen LogP contribution in [0.1, 0.15) is 10.4 Å². The first kappa shape index (κ1) is 11.9. The van der Waals surface area contributed by atoms with Crippen LogP contribution in [-0.4, -0.2) is 42.1 Å². The van der Waals surface area contributed by atoms with E-state index in [1.807, 2.05) is 6.07 Å². The largest absolute Gasteiger partial charge is 0.378 e. The monoisotopic (exact) mass is 258 g/mol. The Morgan fingerprint density at radius 2 is 1.89 bits per heavy atom. The van der Waals surface area contributed by atoms with Crippen LogP contribution < -0.4 is 5.56 Å². The van der Waals surface area contributed by atoms with Crippen LogP contribution >= 0.6 is 0 Å². The van der Waals surface area contributed by atoms with Gasteiger partial charge in [-0.25, -0.2) is 0 Å². The molecule has 0 radical (unpaired) electrons. The summed E-state index contributed by atoms with van der Waals surface area (Å²) < 4.78 is 5.23. The number of aromatic amines is 1. The molecule has 1 fully saturated rings. The Bertz CT molecular complexity index is 672. The molecule has 1 amide bonds. The zero-order chi connectivity index (χ0) is 13.2. The number of carbonyl (C=O) groups excluding carboxylic acids is 1. The molecule has 1 aromatic carbocycles. The normalized spacial score (nSPS) is 15.7. The number of benzene rings is 1. The molecule has 98 valence electrons. The Labute approximate surface area is 109 Å². The minimum absolute atomic E-state index is 0.0186. The van der Waals surface area contributed by atoms with E-state index in [0.717, 1.165) is 5.39 Å². The molecule has 0 bridgehead atoms. The number of H-pyrrole nitrogens is 1. The summed E-state index contributed by atoms with van der Waals surface area (Å²) in [5.41, 5.74) is 1.12. The smallest absolute Gasteiger partial charge is 0.254 e. The number of fused-ring (bicyclic) bond motifs is 1. The van der Waals surface area contributed by atoms with E-state index in [1.165, 1.54) is 6.07 Å². The van der Waals surface area contributed by atoms with Crippen LogP contribution in [-0.2, 0) is 4.74 Å². The van der Waals surface area contributed by atoms with Crippen molar-refractivity contribution < 1.29 is 9.53 Å². The molecule has 1 aromatic heterocycles. The molecule has 2 aromatic rings. The summed E-state index contributed by atoms with van der Waals surface area (Å²) in [4.78, 5) is 28.1. The van der Waals surface area contributed by atoms with Crippen molar-refractivity contribution in [3.8, 4) is 0 Å². The fraction of sp³-hybridized carbons (Fsp3) is 0.286. The number of pyridine rings is 1. The lowest BCUT2D eigenvalue weighted by Gasteiger charge is -2.26. The topological polar surface area (TPSA) is 62.4 Å². The maximum atomic E-state index is 12.3. The van der Waals surface area contributed by atoms with Crippen molar-refractivity contribution in [1.29, 1.82) is 0 Å². The van der Waals surface area contributed by atoms with Gasteiger partial charge in [-0.3, -0.25) is 9.59 Å². The maximum Gasteiger partial charge on any atom is 0.254 e. The predicted octanol–water partition coefficient (Wildman–Crippen LogP) is 1.00. The lowest BCUT2D eigenvalue weighted by molar-refractivity contribution is 0.0303. The molecule has 1 aliphatic heterocycles. The summed E-state index contributed by atoms with van der Waals surface area (Å²) in [5, 5.41) is 0.915. The lowest BCUT2D eigenvalue weighted by atomic mass is 10.1. The standard InChI is InChI=1S/C14H14N2O3/c17-13-4-3-10-1-2-11(9-12(10)15-13)14(18)16-5-7-19-8-6-16/h1-4,9H,5-8H2,(H,15,17). The Morgan fingerprint density at radius 3 is 2.68 bits per heavy atom. The van der Waals surface area contributed by atoms with Gasteiger partial charge in [0.15, 0.2) is 0 Å². The second-order valence-electron chi connectivity index (χ2n) is 4.53. The molecular weight excluding hydrogens is 244 g/mol. The third-order valence-corrected chi connectivity index (χ3v) is 3.27. The highest BCUT2D eigenvalue weighted by molar-refractivity contribution is 5.97. The van der Waals surface area contributed by atoms with Crippen molar-refractivity contribution in [2.24, 2.45) is 0 Å². The summed E-state index contributed by atoms with van der Waals surface area (Å²) in [6.45, 7) is 2.39. The molecule has 3 rings (SSSR count). The number of morpholine rings is 1. The molecule has 1 N–H and O–H groups in total. The molecule has 1 saturated heterocycles. The van der Waals surface area contributed by atoms with Crippen molar-refractivity contribution in [1.82, 2.24) is 9.88 Å². The van der Waals surface area contributed by atoms with Crippen LogP contribution in [0, 0.1) is 0 Å². The predicted molar refractivity (Wildman–Crippen MR) is 71.3 cm³/mol. The van der Waals surface area contributed by atoms with Crippen molar-refractivity contribution >= 4 is 16.8 Å². The van der Waals surface area contributed by atoms with Gasteiger partial charge in [0.25, 0.3) is 5.91 Å². The van der Waals surface area contributed by atoms with Gasteiger partial charge in [0.1, 0.15) is 0 Å². The summed E-state index contributed by atoms with van der Waals surface area (Å²) in [6.07, 6.45) is 0. The van der Waals surface area contributed by atoms with E-state index in [-0.39, 0.29) is 11.5 Å². The summed E-state index contributed by atoms with van der Waals surface area (Å²) in [5.74, 6) is -0.0186. The zero-order valence-electron chi connectivity index (χ0n) is 10.4.